The first-order valence-corrected chi connectivity index (χ1v) is 3.27. The van der Waals surface area contributed by atoms with E-state index in [0.717, 1.165) is 19.3 Å². The zero-order valence-electron chi connectivity index (χ0n) is 6.04. The molecule has 1 fully saturated rings. The van der Waals surface area contributed by atoms with Crippen molar-refractivity contribution in [2.24, 2.45) is 5.89 Å². The second-order valence-corrected chi connectivity index (χ2v) is 2.31. The lowest BCUT2D eigenvalue weighted by Gasteiger charge is -1.99. The fraction of sp³-hybridized carbons (Fsp3) is 1.00. The molecule has 0 unspecified atom stereocenters. The van der Waals surface area contributed by atoms with Crippen LogP contribution in [0.1, 0.15) is 40.4 Å². The van der Waals surface area contributed by atoms with Gasteiger partial charge in [-0.1, -0.05) is 39.0 Å². The molecule has 0 heterocycles. The highest BCUT2D eigenvalue weighted by atomic mass is 14.2. The molecule has 1 aliphatic carbocycles. The molecule has 0 aromatic heterocycles. The molecule has 42 valence electrons. The summed E-state index contributed by atoms with van der Waals surface area (Å²) in [5.74, 6) is -0.0139. The average Bonchev–Trinajstić information content (AvgIpc) is 2.17. The molecule has 1 rings (SSSR count). The SMILES string of the molecule is [2H]C1(CC)CCCC1. The van der Waals surface area contributed by atoms with Gasteiger partial charge in [-0.2, -0.15) is 0 Å². The van der Waals surface area contributed by atoms with E-state index < -0.39 is 0 Å². The maximum Gasteiger partial charge on any atom is 0.0303 e. The van der Waals surface area contributed by atoms with Gasteiger partial charge in [0.1, 0.15) is 0 Å². The van der Waals surface area contributed by atoms with Gasteiger partial charge < -0.3 is 0 Å². The first-order valence-electron chi connectivity index (χ1n) is 3.77. The van der Waals surface area contributed by atoms with Crippen LogP contribution < -0.4 is 0 Å². The van der Waals surface area contributed by atoms with Crippen molar-refractivity contribution in [2.45, 2.75) is 39.0 Å². The van der Waals surface area contributed by atoms with Gasteiger partial charge in [0.05, 0.1) is 0 Å². The van der Waals surface area contributed by atoms with Crippen LogP contribution in [0.25, 0.3) is 0 Å². The highest BCUT2D eigenvalue weighted by molar-refractivity contribution is 4.64. The van der Waals surface area contributed by atoms with E-state index in [1.165, 1.54) is 12.8 Å². The van der Waals surface area contributed by atoms with Crippen molar-refractivity contribution < 1.29 is 1.37 Å². The lowest BCUT2D eigenvalue weighted by molar-refractivity contribution is 0.531. The number of hydrogen-bond donors (Lipinski definition) is 0. The summed E-state index contributed by atoms with van der Waals surface area (Å²) in [6, 6.07) is 0. The summed E-state index contributed by atoms with van der Waals surface area (Å²) < 4.78 is 7.73. The van der Waals surface area contributed by atoms with E-state index in [1.807, 2.05) is 0 Å². The molecule has 0 spiro atoms. The van der Waals surface area contributed by atoms with Crippen LogP contribution in [-0.2, 0) is 0 Å². The fourth-order valence-corrected chi connectivity index (χ4v) is 1.23. The first-order chi connectivity index (χ1) is 3.77. The summed E-state index contributed by atoms with van der Waals surface area (Å²) in [5, 5.41) is 0. The van der Waals surface area contributed by atoms with Crippen LogP contribution >= 0.6 is 0 Å². The Morgan fingerprint density at radius 3 is 2.43 bits per heavy atom. The summed E-state index contributed by atoms with van der Waals surface area (Å²) in [6.45, 7) is 2.12. The maximum absolute atomic E-state index is 7.73. The second kappa shape index (κ2) is 2.34. The van der Waals surface area contributed by atoms with Crippen molar-refractivity contribution >= 4 is 0 Å². The lowest BCUT2D eigenvalue weighted by atomic mass is 10.1. The minimum absolute atomic E-state index is 0.0139. The number of hydrogen-bond acceptors (Lipinski definition) is 0. The molecular formula is C7H14. The maximum atomic E-state index is 7.73. The molecule has 0 radical (unpaired) electrons. The zero-order valence-corrected chi connectivity index (χ0v) is 5.04. The molecule has 0 aliphatic heterocycles. The Labute approximate surface area is 47.3 Å². The Morgan fingerprint density at radius 2 is 2.14 bits per heavy atom. The van der Waals surface area contributed by atoms with Crippen molar-refractivity contribution in [2.75, 3.05) is 0 Å². The molecule has 1 saturated carbocycles. The van der Waals surface area contributed by atoms with Crippen molar-refractivity contribution in [3.8, 4) is 0 Å². The van der Waals surface area contributed by atoms with Crippen LogP contribution in [-0.4, -0.2) is 0 Å². The molecule has 0 amide bonds. The monoisotopic (exact) mass is 99.1 g/mol. The van der Waals surface area contributed by atoms with E-state index in [2.05, 4.69) is 6.92 Å². The Hall–Kier alpha value is 0. The minimum atomic E-state index is -0.0139. The van der Waals surface area contributed by atoms with E-state index in [0.29, 0.717) is 0 Å². The lowest BCUT2D eigenvalue weighted by Crippen LogP contribution is -1.86. The first kappa shape index (κ1) is 3.94. The third-order valence-corrected chi connectivity index (χ3v) is 1.81. The molecule has 7 heavy (non-hydrogen) atoms. The summed E-state index contributed by atoms with van der Waals surface area (Å²) in [4.78, 5) is 0. The highest BCUT2D eigenvalue weighted by Crippen LogP contribution is 2.26. The van der Waals surface area contributed by atoms with E-state index in [-0.39, 0.29) is 5.89 Å². The summed E-state index contributed by atoms with van der Waals surface area (Å²) in [6.07, 6.45) is 5.91. The van der Waals surface area contributed by atoms with Crippen LogP contribution in [0.4, 0.5) is 0 Å². The van der Waals surface area contributed by atoms with Gasteiger partial charge in [0.25, 0.3) is 0 Å². The van der Waals surface area contributed by atoms with Crippen molar-refractivity contribution in [1.82, 2.24) is 0 Å². The Bertz CT molecular complexity index is 72.5. The molecule has 0 bridgehead atoms. The second-order valence-electron chi connectivity index (χ2n) is 2.31. The van der Waals surface area contributed by atoms with Gasteiger partial charge in [-0.15, -0.1) is 0 Å². The number of rotatable bonds is 1. The van der Waals surface area contributed by atoms with Crippen LogP contribution in [0, 0.1) is 5.89 Å². The van der Waals surface area contributed by atoms with Crippen molar-refractivity contribution in [3.05, 3.63) is 0 Å². The largest absolute Gasteiger partial charge is 0.0651 e. The third-order valence-electron chi connectivity index (χ3n) is 1.81. The van der Waals surface area contributed by atoms with Crippen molar-refractivity contribution in [1.29, 1.82) is 0 Å². The Morgan fingerprint density at radius 1 is 1.57 bits per heavy atom. The zero-order chi connectivity index (χ0) is 6.04. The van der Waals surface area contributed by atoms with Gasteiger partial charge in [0.15, 0.2) is 0 Å². The molecular weight excluding hydrogens is 84.1 g/mol. The van der Waals surface area contributed by atoms with Gasteiger partial charge in [-0.05, 0) is 5.89 Å². The van der Waals surface area contributed by atoms with Crippen LogP contribution in [0.15, 0.2) is 0 Å². The van der Waals surface area contributed by atoms with E-state index in [4.69, 9.17) is 1.37 Å². The fourth-order valence-electron chi connectivity index (χ4n) is 1.23. The molecule has 0 aromatic rings. The predicted molar refractivity (Wildman–Crippen MR) is 32.2 cm³/mol. The molecule has 0 heteroatoms. The van der Waals surface area contributed by atoms with E-state index in [1.54, 1.807) is 0 Å². The Balaban J connectivity index is 2.40. The summed E-state index contributed by atoms with van der Waals surface area (Å²) in [7, 11) is 0. The van der Waals surface area contributed by atoms with Gasteiger partial charge in [0.2, 0.25) is 0 Å². The van der Waals surface area contributed by atoms with Gasteiger partial charge in [0, 0.05) is 1.37 Å². The van der Waals surface area contributed by atoms with Gasteiger partial charge in [-0.25, -0.2) is 0 Å². The average molecular weight is 99.2 g/mol. The molecule has 0 N–H and O–H groups in total. The molecule has 0 nitrogen and oxygen atoms in total. The normalized spacial score (nSPS) is 30.1. The third kappa shape index (κ3) is 1.19. The predicted octanol–water partition coefficient (Wildman–Crippen LogP) is 2.59. The van der Waals surface area contributed by atoms with Crippen LogP contribution in [0.5, 0.6) is 0 Å². The molecule has 0 aromatic carbocycles. The molecule has 0 saturated heterocycles. The topological polar surface area (TPSA) is 0 Å². The van der Waals surface area contributed by atoms with Crippen LogP contribution in [0.2, 0.25) is 0 Å². The van der Waals surface area contributed by atoms with E-state index in [9.17, 15) is 0 Å². The standard InChI is InChI=1S/C7H14/c1-2-7-5-3-4-6-7/h7H,2-6H2,1H3/i7D. The quantitative estimate of drug-likeness (QED) is 0.474. The molecule has 0 atom stereocenters. The van der Waals surface area contributed by atoms with Gasteiger partial charge >= 0.3 is 0 Å². The summed E-state index contributed by atoms with van der Waals surface area (Å²) >= 11 is 0. The van der Waals surface area contributed by atoms with E-state index >= 15 is 0 Å². The molecule has 1 aliphatic rings. The minimum Gasteiger partial charge on any atom is -0.0651 e. The summed E-state index contributed by atoms with van der Waals surface area (Å²) in [5.41, 5.74) is 0. The highest BCUT2D eigenvalue weighted by Gasteiger charge is 2.11. The Kier molecular flexibility index (Phi) is 1.32. The smallest absolute Gasteiger partial charge is 0.0303 e. The van der Waals surface area contributed by atoms with Crippen LogP contribution in [0.3, 0.4) is 0 Å². The van der Waals surface area contributed by atoms with Gasteiger partial charge in [-0.3, -0.25) is 0 Å². The van der Waals surface area contributed by atoms with Crippen molar-refractivity contribution in [3.63, 3.8) is 0 Å².